The van der Waals surface area contributed by atoms with Crippen LogP contribution in [-0.2, 0) is 10.7 Å². The van der Waals surface area contributed by atoms with Crippen molar-refractivity contribution < 1.29 is 18.3 Å². The van der Waals surface area contributed by atoms with Gasteiger partial charge in [-0.3, -0.25) is 4.79 Å². The molecular weight excluding hydrogens is 214 g/mol. The summed E-state index contributed by atoms with van der Waals surface area (Å²) in [5.41, 5.74) is -0.436. The van der Waals surface area contributed by atoms with Crippen molar-refractivity contribution in [3.05, 3.63) is 28.8 Å². The van der Waals surface area contributed by atoms with Gasteiger partial charge in [0.25, 0.3) is 0 Å². The van der Waals surface area contributed by atoms with E-state index in [1.165, 1.54) is 13.2 Å². The third-order valence-corrected chi connectivity index (χ3v) is 2.00. The van der Waals surface area contributed by atoms with E-state index in [1.807, 2.05) is 0 Å². The summed E-state index contributed by atoms with van der Waals surface area (Å²) in [6.45, 7) is 0. The van der Waals surface area contributed by atoms with Gasteiger partial charge in [-0.1, -0.05) is 17.7 Å². The predicted octanol–water partition coefficient (Wildman–Crippen LogP) is 2.64. The monoisotopic (exact) mass is 220 g/mol. The minimum atomic E-state index is -3.50. The molecule has 0 spiro atoms. The molecule has 0 heterocycles. The van der Waals surface area contributed by atoms with Crippen molar-refractivity contribution >= 4 is 17.9 Å². The number of ether oxygens (including phenoxy) is 1. The van der Waals surface area contributed by atoms with Gasteiger partial charge in [-0.2, -0.15) is 8.78 Å². The van der Waals surface area contributed by atoms with Crippen LogP contribution in [0.1, 0.15) is 5.56 Å². The van der Waals surface area contributed by atoms with Gasteiger partial charge in [-0.05, 0) is 12.1 Å². The third kappa shape index (κ3) is 2.01. The molecule has 76 valence electrons. The van der Waals surface area contributed by atoms with Gasteiger partial charge in [0, 0.05) is 5.56 Å². The van der Waals surface area contributed by atoms with E-state index in [9.17, 15) is 13.6 Å². The number of halogens is 3. The van der Waals surface area contributed by atoms with Crippen LogP contribution in [0.15, 0.2) is 18.2 Å². The first-order valence-corrected chi connectivity index (χ1v) is 4.07. The molecule has 0 saturated carbocycles. The summed E-state index contributed by atoms with van der Waals surface area (Å²) < 4.78 is 30.5. The summed E-state index contributed by atoms with van der Waals surface area (Å²) in [6, 6.07) is 3.38. The summed E-state index contributed by atoms with van der Waals surface area (Å²) >= 11 is 5.63. The molecule has 2 nitrogen and oxygen atoms in total. The molecule has 1 aromatic carbocycles. The molecular formula is C9H7ClF2O2. The molecule has 0 unspecified atom stereocenters. The lowest BCUT2D eigenvalue weighted by atomic mass is 10.1. The SMILES string of the molecule is COc1cc(C(F)(F)C=O)ccc1Cl. The maximum Gasteiger partial charge on any atom is 0.327 e. The molecule has 0 aliphatic rings. The van der Waals surface area contributed by atoms with E-state index in [0.717, 1.165) is 12.1 Å². The van der Waals surface area contributed by atoms with E-state index in [1.54, 1.807) is 0 Å². The van der Waals surface area contributed by atoms with E-state index in [0.29, 0.717) is 0 Å². The van der Waals surface area contributed by atoms with Gasteiger partial charge in [0.2, 0.25) is 0 Å². The minimum absolute atomic E-state index is 0.116. The first-order chi connectivity index (χ1) is 6.51. The largest absolute Gasteiger partial charge is 0.495 e. The van der Waals surface area contributed by atoms with Crippen LogP contribution in [0.5, 0.6) is 5.75 Å². The lowest BCUT2D eigenvalue weighted by molar-refractivity contribution is -0.130. The highest BCUT2D eigenvalue weighted by molar-refractivity contribution is 6.32. The number of benzene rings is 1. The van der Waals surface area contributed by atoms with Crippen molar-refractivity contribution in [3.8, 4) is 5.75 Å². The summed E-state index contributed by atoms with van der Waals surface area (Å²) in [7, 11) is 1.31. The van der Waals surface area contributed by atoms with E-state index < -0.39 is 17.8 Å². The van der Waals surface area contributed by atoms with Gasteiger partial charge >= 0.3 is 5.92 Å². The average Bonchev–Trinajstić information content (AvgIpc) is 2.18. The van der Waals surface area contributed by atoms with E-state index in [2.05, 4.69) is 0 Å². The number of hydrogen-bond acceptors (Lipinski definition) is 2. The van der Waals surface area contributed by atoms with Crippen LogP contribution in [0, 0.1) is 0 Å². The highest BCUT2D eigenvalue weighted by Crippen LogP contribution is 2.32. The standard InChI is InChI=1S/C9H7ClF2O2/c1-14-8-4-6(2-3-7(8)10)9(11,12)5-13/h2-5H,1H3. The normalized spacial score (nSPS) is 11.1. The Balaban J connectivity index is 3.19. The number of methoxy groups -OCH3 is 1. The molecule has 0 atom stereocenters. The topological polar surface area (TPSA) is 26.3 Å². The Morgan fingerprint density at radius 1 is 1.50 bits per heavy atom. The van der Waals surface area contributed by atoms with Crippen molar-refractivity contribution in [1.29, 1.82) is 0 Å². The fourth-order valence-electron chi connectivity index (χ4n) is 0.935. The first kappa shape index (κ1) is 10.9. The highest BCUT2D eigenvalue weighted by atomic mass is 35.5. The Labute approximate surface area is 84.4 Å². The molecule has 0 fully saturated rings. The van der Waals surface area contributed by atoms with E-state index >= 15 is 0 Å². The second-order valence-corrected chi connectivity index (χ2v) is 3.00. The average molecular weight is 221 g/mol. The fraction of sp³-hybridized carbons (Fsp3) is 0.222. The molecule has 1 aromatic rings. The lowest BCUT2D eigenvalue weighted by Gasteiger charge is -2.11. The molecule has 0 saturated heterocycles. The Morgan fingerprint density at radius 2 is 2.14 bits per heavy atom. The Bertz CT molecular complexity index is 353. The molecule has 0 aromatic heterocycles. The zero-order chi connectivity index (χ0) is 10.8. The van der Waals surface area contributed by atoms with E-state index in [4.69, 9.17) is 16.3 Å². The second-order valence-electron chi connectivity index (χ2n) is 2.59. The van der Waals surface area contributed by atoms with Gasteiger partial charge in [0.05, 0.1) is 12.1 Å². The molecule has 0 amide bonds. The number of carbonyl (C=O) groups excluding carboxylic acids is 1. The summed E-state index contributed by atoms with van der Waals surface area (Å²) in [6.07, 6.45) is -0.421. The van der Waals surface area contributed by atoms with Crippen molar-refractivity contribution in [2.75, 3.05) is 7.11 Å². The summed E-state index contributed by atoms with van der Waals surface area (Å²) in [5, 5.41) is 0.220. The molecule has 14 heavy (non-hydrogen) atoms. The zero-order valence-corrected chi connectivity index (χ0v) is 8.02. The zero-order valence-electron chi connectivity index (χ0n) is 7.26. The molecule has 0 N–H and O–H groups in total. The van der Waals surface area contributed by atoms with Crippen molar-refractivity contribution in [2.24, 2.45) is 0 Å². The molecule has 0 aliphatic heterocycles. The van der Waals surface area contributed by atoms with Crippen molar-refractivity contribution in [3.63, 3.8) is 0 Å². The smallest absolute Gasteiger partial charge is 0.327 e. The Morgan fingerprint density at radius 3 is 2.64 bits per heavy atom. The second kappa shape index (κ2) is 3.92. The first-order valence-electron chi connectivity index (χ1n) is 3.69. The molecule has 5 heteroatoms. The lowest BCUT2D eigenvalue weighted by Crippen LogP contribution is -2.14. The van der Waals surface area contributed by atoms with Gasteiger partial charge in [0.1, 0.15) is 5.75 Å². The van der Waals surface area contributed by atoms with Crippen LogP contribution in [0.25, 0.3) is 0 Å². The number of rotatable bonds is 3. The number of aldehydes is 1. The third-order valence-electron chi connectivity index (χ3n) is 1.68. The summed E-state index contributed by atoms with van der Waals surface area (Å²) in [5.74, 6) is -3.39. The fourth-order valence-corrected chi connectivity index (χ4v) is 1.13. The predicted molar refractivity (Wildman–Crippen MR) is 48.0 cm³/mol. The maximum absolute atomic E-state index is 12.9. The Kier molecular flexibility index (Phi) is 3.06. The van der Waals surface area contributed by atoms with Gasteiger partial charge < -0.3 is 4.74 Å². The Hall–Kier alpha value is -1.16. The van der Waals surface area contributed by atoms with Gasteiger partial charge in [-0.25, -0.2) is 0 Å². The van der Waals surface area contributed by atoms with E-state index in [-0.39, 0.29) is 10.8 Å². The van der Waals surface area contributed by atoms with Crippen LogP contribution in [0.3, 0.4) is 0 Å². The molecule has 0 aliphatic carbocycles. The maximum atomic E-state index is 12.9. The van der Waals surface area contributed by atoms with Gasteiger partial charge in [0.15, 0.2) is 6.29 Å². The van der Waals surface area contributed by atoms with Gasteiger partial charge in [-0.15, -0.1) is 0 Å². The highest BCUT2D eigenvalue weighted by Gasteiger charge is 2.31. The summed E-state index contributed by atoms with van der Waals surface area (Å²) in [4.78, 5) is 10.1. The molecule has 1 rings (SSSR count). The quantitative estimate of drug-likeness (QED) is 0.732. The molecule has 0 radical (unpaired) electrons. The molecule has 0 bridgehead atoms. The van der Waals surface area contributed by atoms with Crippen LogP contribution >= 0.6 is 11.6 Å². The van der Waals surface area contributed by atoms with Crippen molar-refractivity contribution in [2.45, 2.75) is 5.92 Å². The van der Waals surface area contributed by atoms with Crippen LogP contribution in [0.2, 0.25) is 5.02 Å². The number of alkyl halides is 2. The van der Waals surface area contributed by atoms with Crippen LogP contribution in [-0.4, -0.2) is 13.4 Å². The number of carbonyl (C=O) groups is 1. The van der Waals surface area contributed by atoms with Crippen LogP contribution < -0.4 is 4.74 Å². The van der Waals surface area contributed by atoms with Crippen LogP contribution in [0.4, 0.5) is 8.78 Å². The number of hydrogen-bond donors (Lipinski definition) is 0. The minimum Gasteiger partial charge on any atom is -0.495 e. The van der Waals surface area contributed by atoms with Crippen molar-refractivity contribution in [1.82, 2.24) is 0 Å².